The Balaban J connectivity index is 3.06. The molecule has 4 nitrogen and oxygen atoms in total. The fourth-order valence-corrected chi connectivity index (χ4v) is 1.32. The molecule has 0 saturated heterocycles. The molecule has 0 aliphatic rings. The van der Waals surface area contributed by atoms with Crippen LogP contribution in [-0.4, -0.2) is 31.6 Å². The topological polar surface area (TPSA) is 52.6 Å². The van der Waals surface area contributed by atoms with Gasteiger partial charge in [-0.05, 0) is 19.1 Å². The molecule has 0 spiro atoms. The maximum atomic E-state index is 13.4. The Morgan fingerprint density at radius 2 is 1.95 bits per heavy atom. The number of carbonyl (C=O) groups excluding carboxylic acids is 2. The largest absolute Gasteiger partial charge is 0.494 e. The van der Waals surface area contributed by atoms with E-state index in [2.05, 4.69) is 9.47 Å². The fraction of sp³-hybridized carbons (Fsp3) is 0.333. The van der Waals surface area contributed by atoms with Crippen LogP contribution in [0.5, 0.6) is 5.75 Å². The highest BCUT2D eigenvalue weighted by atomic mass is 19.2. The summed E-state index contributed by atoms with van der Waals surface area (Å²) in [5.41, 5.74) is -0.517. The second kappa shape index (κ2) is 6.21. The molecule has 0 radical (unpaired) electrons. The molecule has 0 N–H and O–H groups in total. The number of methoxy groups -OCH3 is 1. The zero-order valence-corrected chi connectivity index (χ0v) is 10.2. The molecule has 1 unspecified atom stereocenters. The van der Waals surface area contributed by atoms with Gasteiger partial charge in [0.05, 0.1) is 13.7 Å². The summed E-state index contributed by atoms with van der Waals surface area (Å²) in [5.74, 6) is -5.93. The van der Waals surface area contributed by atoms with E-state index in [0.717, 1.165) is 13.2 Å². The van der Waals surface area contributed by atoms with Gasteiger partial charge in [0.25, 0.3) is 6.17 Å². The summed E-state index contributed by atoms with van der Waals surface area (Å²) in [6.07, 6.45) is -2.59. The Kier molecular flexibility index (Phi) is 4.91. The van der Waals surface area contributed by atoms with Gasteiger partial charge in [-0.25, -0.2) is 13.6 Å². The maximum Gasteiger partial charge on any atom is 0.348 e. The van der Waals surface area contributed by atoms with Crippen LogP contribution in [0.1, 0.15) is 17.3 Å². The third-order valence-corrected chi connectivity index (χ3v) is 2.22. The molecular weight excluding hydrogens is 265 g/mol. The number of alkyl halides is 1. The van der Waals surface area contributed by atoms with E-state index in [1.807, 2.05) is 0 Å². The molecule has 0 amide bonds. The number of hydrogen-bond donors (Lipinski definition) is 0. The molecule has 1 aromatic rings. The standard InChI is InChI=1S/C12H11F3O4/c1-3-19-12(17)10(15)11(16)6-4-7(13)9(14)8(5-6)18-2/h4-5,10H,3H2,1-2H3. The Morgan fingerprint density at radius 1 is 1.32 bits per heavy atom. The summed E-state index contributed by atoms with van der Waals surface area (Å²) in [6.45, 7) is 1.34. The van der Waals surface area contributed by atoms with Crippen molar-refractivity contribution < 1.29 is 32.2 Å². The van der Waals surface area contributed by atoms with E-state index in [-0.39, 0.29) is 6.61 Å². The van der Waals surface area contributed by atoms with Crippen molar-refractivity contribution in [2.45, 2.75) is 13.1 Å². The monoisotopic (exact) mass is 276 g/mol. The number of esters is 1. The van der Waals surface area contributed by atoms with Crippen LogP contribution in [0.3, 0.4) is 0 Å². The molecule has 1 rings (SSSR count). The number of Topliss-reactive ketones (excluding diaryl/α,β-unsaturated/α-hetero) is 1. The van der Waals surface area contributed by atoms with Gasteiger partial charge in [0.1, 0.15) is 0 Å². The van der Waals surface area contributed by atoms with Crippen LogP contribution in [0.4, 0.5) is 13.2 Å². The summed E-state index contributed by atoms with van der Waals surface area (Å²) < 4.78 is 48.6. The highest BCUT2D eigenvalue weighted by molar-refractivity contribution is 6.11. The second-order valence-electron chi connectivity index (χ2n) is 3.45. The molecule has 19 heavy (non-hydrogen) atoms. The summed E-state index contributed by atoms with van der Waals surface area (Å²) in [6, 6.07) is 1.30. The maximum absolute atomic E-state index is 13.4. The summed E-state index contributed by atoms with van der Waals surface area (Å²) >= 11 is 0. The van der Waals surface area contributed by atoms with E-state index in [0.29, 0.717) is 6.07 Å². The van der Waals surface area contributed by atoms with Crippen molar-refractivity contribution in [2.24, 2.45) is 0 Å². The lowest BCUT2D eigenvalue weighted by Gasteiger charge is -2.09. The first-order valence-corrected chi connectivity index (χ1v) is 5.30. The van der Waals surface area contributed by atoms with Crippen molar-refractivity contribution in [3.05, 3.63) is 29.3 Å². The first-order valence-electron chi connectivity index (χ1n) is 5.30. The molecule has 0 saturated carbocycles. The van der Waals surface area contributed by atoms with E-state index in [9.17, 15) is 22.8 Å². The average molecular weight is 276 g/mol. The summed E-state index contributed by atoms with van der Waals surface area (Å²) in [5, 5.41) is 0. The van der Waals surface area contributed by atoms with Crippen molar-refractivity contribution in [2.75, 3.05) is 13.7 Å². The third-order valence-electron chi connectivity index (χ3n) is 2.22. The van der Waals surface area contributed by atoms with Crippen LogP contribution in [0.2, 0.25) is 0 Å². The van der Waals surface area contributed by atoms with E-state index >= 15 is 0 Å². The van der Waals surface area contributed by atoms with Crippen LogP contribution in [-0.2, 0) is 9.53 Å². The second-order valence-corrected chi connectivity index (χ2v) is 3.45. The van der Waals surface area contributed by atoms with Crippen molar-refractivity contribution in [3.63, 3.8) is 0 Å². The van der Waals surface area contributed by atoms with Gasteiger partial charge in [0.2, 0.25) is 11.6 Å². The zero-order chi connectivity index (χ0) is 14.6. The van der Waals surface area contributed by atoms with Crippen LogP contribution in [0.15, 0.2) is 12.1 Å². The average Bonchev–Trinajstić information content (AvgIpc) is 2.40. The smallest absolute Gasteiger partial charge is 0.348 e. The van der Waals surface area contributed by atoms with Crippen molar-refractivity contribution >= 4 is 11.8 Å². The Morgan fingerprint density at radius 3 is 2.47 bits per heavy atom. The fourth-order valence-electron chi connectivity index (χ4n) is 1.32. The zero-order valence-electron chi connectivity index (χ0n) is 10.2. The number of ketones is 1. The molecule has 0 aliphatic carbocycles. The van der Waals surface area contributed by atoms with Gasteiger partial charge >= 0.3 is 5.97 Å². The lowest BCUT2D eigenvalue weighted by Crippen LogP contribution is -2.28. The normalized spacial score (nSPS) is 11.8. The molecule has 0 bridgehead atoms. The summed E-state index contributed by atoms with van der Waals surface area (Å²) in [7, 11) is 1.06. The van der Waals surface area contributed by atoms with Gasteiger partial charge in [0.15, 0.2) is 11.6 Å². The van der Waals surface area contributed by atoms with Gasteiger partial charge in [-0.3, -0.25) is 4.79 Å². The molecule has 104 valence electrons. The first kappa shape index (κ1) is 15.0. The quantitative estimate of drug-likeness (QED) is 0.469. The van der Waals surface area contributed by atoms with Crippen LogP contribution >= 0.6 is 0 Å². The minimum Gasteiger partial charge on any atom is -0.494 e. The van der Waals surface area contributed by atoms with Crippen molar-refractivity contribution in [1.82, 2.24) is 0 Å². The lowest BCUT2D eigenvalue weighted by molar-refractivity contribution is -0.147. The first-order chi connectivity index (χ1) is 8.92. The molecular formula is C12H11F3O4. The lowest BCUT2D eigenvalue weighted by atomic mass is 10.1. The molecule has 7 heteroatoms. The van der Waals surface area contributed by atoms with E-state index < -0.39 is 40.9 Å². The van der Waals surface area contributed by atoms with Crippen LogP contribution in [0.25, 0.3) is 0 Å². The SMILES string of the molecule is CCOC(=O)C(F)C(=O)c1cc(F)c(F)c(OC)c1. The number of rotatable bonds is 5. The molecule has 1 aromatic carbocycles. The Labute approximate surface area is 107 Å². The Hall–Kier alpha value is -2.05. The minimum absolute atomic E-state index is 0.104. The van der Waals surface area contributed by atoms with E-state index in [1.165, 1.54) is 6.92 Å². The van der Waals surface area contributed by atoms with Crippen LogP contribution in [0, 0.1) is 11.6 Å². The van der Waals surface area contributed by atoms with Gasteiger partial charge in [-0.2, -0.15) is 4.39 Å². The predicted molar refractivity (Wildman–Crippen MR) is 58.8 cm³/mol. The van der Waals surface area contributed by atoms with Gasteiger partial charge in [-0.15, -0.1) is 0 Å². The predicted octanol–water partition coefficient (Wildman–Crippen LogP) is 2.06. The number of benzene rings is 1. The molecule has 1 atom stereocenters. The highest BCUT2D eigenvalue weighted by Crippen LogP contribution is 2.23. The third kappa shape index (κ3) is 3.24. The van der Waals surface area contributed by atoms with Crippen molar-refractivity contribution in [1.29, 1.82) is 0 Å². The van der Waals surface area contributed by atoms with E-state index in [4.69, 9.17) is 0 Å². The number of ether oxygens (including phenoxy) is 2. The van der Waals surface area contributed by atoms with Crippen molar-refractivity contribution in [3.8, 4) is 5.75 Å². The molecule has 0 fully saturated rings. The number of halogens is 3. The summed E-state index contributed by atoms with van der Waals surface area (Å²) in [4.78, 5) is 22.6. The highest BCUT2D eigenvalue weighted by Gasteiger charge is 2.30. The Bertz CT molecular complexity index is 502. The van der Waals surface area contributed by atoms with Gasteiger partial charge in [-0.1, -0.05) is 0 Å². The van der Waals surface area contributed by atoms with Gasteiger partial charge in [0, 0.05) is 5.56 Å². The van der Waals surface area contributed by atoms with E-state index in [1.54, 1.807) is 0 Å². The number of carbonyl (C=O) groups is 2. The number of hydrogen-bond acceptors (Lipinski definition) is 4. The van der Waals surface area contributed by atoms with Crippen LogP contribution < -0.4 is 4.74 Å². The molecule has 0 aromatic heterocycles. The molecule has 0 heterocycles. The van der Waals surface area contributed by atoms with Gasteiger partial charge < -0.3 is 9.47 Å². The molecule has 0 aliphatic heterocycles. The minimum atomic E-state index is -2.59.